The molecule has 5 rings (SSSR count). The van der Waals surface area contributed by atoms with E-state index < -0.39 is 6.09 Å². The van der Waals surface area contributed by atoms with E-state index in [1.165, 1.54) is 0 Å². The number of carbonyl (C=O) groups excluding carboxylic acids is 2. The Hall–Kier alpha value is -4.30. The number of carbonyl (C=O) groups is 2. The molecule has 0 atom stereocenters. The SMILES string of the molecule is CC(C)(C)NC1CCC(c2c(/C=C/Cn3nnc4cc(C=O)ccc43)ccc(-c3ccccc3)c2OC(N)=O)CC1. The van der Waals surface area contributed by atoms with E-state index in [1.54, 1.807) is 16.8 Å². The first-order valence-corrected chi connectivity index (χ1v) is 14.1. The third kappa shape index (κ3) is 6.72. The largest absolute Gasteiger partial charge is 0.410 e. The summed E-state index contributed by atoms with van der Waals surface area (Å²) >= 11 is 0. The van der Waals surface area contributed by atoms with E-state index in [4.69, 9.17) is 10.5 Å². The number of allylic oxidation sites excluding steroid dienone is 1. The molecule has 8 heteroatoms. The molecule has 1 aliphatic carbocycles. The number of fused-ring (bicyclic) bond motifs is 1. The number of ether oxygens (including phenoxy) is 1. The van der Waals surface area contributed by atoms with Crippen molar-refractivity contribution in [3.63, 3.8) is 0 Å². The molecule has 1 fully saturated rings. The zero-order valence-electron chi connectivity index (χ0n) is 23.8. The lowest BCUT2D eigenvalue weighted by atomic mass is 9.78. The fourth-order valence-electron chi connectivity index (χ4n) is 5.85. The molecule has 0 unspecified atom stereocenters. The predicted octanol–water partition coefficient (Wildman–Crippen LogP) is 6.50. The number of aromatic nitrogens is 3. The first kappa shape index (κ1) is 28.2. The Bertz CT molecular complexity index is 1560. The van der Waals surface area contributed by atoms with Crippen LogP contribution in [0.1, 0.15) is 73.9 Å². The molecule has 1 aliphatic rings. The van der Waals surface area contributed by atoms with Crippen LogP contribution in [-0.4, -0.2) is 39.0 Å². The summed E-state index contributed by atoms with van der Waals surface area (Å²) in [6, 6.07) is 19.8. The molecule has 8 nitrogen and oxygen atoms in total. The van der Waals surface area contributed by atoms with E-state index >= 15 is 0 Å². The number of hydrogen-bond acceptors (Lipinski definition) is 6. The van der Waals surface area contributed by atoms with Crippen LogP contribution in [0.2, 0.25) is 0 Å². The van der Waals surface area contributed by atoms with Gasteiger partial charge in [0.1, 0.15) is 17.6 Å². The molecular formula is C33H37N5O3. The molecule has 0 saturated heterocycles. The Labute approximate surface area is 240 Å². The number of benzene rings is 3. The third-order valence-corrected chi connectivity index (χ3v) is 7.54. The summed E-state index contributed by atoms with van der Waals surface area (Å²) in [5.41, 5.74) is 11.6. The van der Waals surface area contributed by atoms with Gasteiger partial charge in [-0.15, -0.1) is 5.10 Å². The van der Waals surface area contributed by atoms with Crippen molar-refractivity contribution >= 4 is 29.5 Å². The normalized spacial score (nSPS) is 17.6. The van der Waals surface area contributed by atoms with Gasteiger partial charge >= 0.3 is 6.09 Å². The van der Waals surface area contributed by atoms with Gasteiger partial charge in [-0.3, -0.25) is 4.79 Å². The second kappa shape index (κ2) is 12.1. The predicted molar refractivity (Wildman–Crippen MR) is 162 cm³/mol. The summed E-state index contributed by atoms with van der Waals surface area (Å²) in [6.45, 7) is 7.09. The average Bonchev–Trinajstić information content (AvgIpc) is 3.35. The molecule has 1 amide bonds. The Kier molecular flexibility index (Phi) is 8.31. The second-order valence-electron chi connectivity index (χ2n) is 11.7. The number of amides is 1. The first-order chi connectivity index (χ1) is 19.7. The number of hydrogen-bond donors (Lipinski definition) is 2. The second-order valence-corrected chi connectivity index (χ2v) is 11.7. The maximum atomic E-state index is 12.2. The highest BCUT2D eigenvalue weighted by Gasteiger charge is 2.30. The summed E-state index contributed by atoms with van der Waals surface area (Å²) in [5, 5.41) is 12.2. The quantitative estimate of drug-likeness (QED) is 0.242. The summed E-state index contributed by atoms with van der Waals surface area (Å²) in [4.78, 5) is 23.3. The van der Waals surface area contributed by atoms with E-state index in [0.29, 0.717) is 29.4 Å². The molecule has 3 N–H and O–H groups in total. The molecule has 41 heavy (non-hydrogen) atoms. The van der Waals surface area contributed by atoms with Crippen LogP contribution in [-0.2, 0) is 6.54 Å². The zero-order chi connectivity index (χ0) is 29.0. The molecule has 212 valence electrons. The molecule has 1 heterocycles. The average molecular weight is 552 g/mol. The van der Waals surface area contributed by atoms with Crippen LogP contribution in [0.3, 0.4) is 0 Å². The van der Waals surface area contributed by atoms with Gasteiger partial charge in [0.15, 0.2) is 0 Å². The van der Waals surface area contributed by atoms with Gasteiger partial charge in [-0.05, 0) is 81.7 Å². The smallest absolute Gasteiger partial charge is 0.409 e. The van der Waals surface area contributed by atoms with Crippen LogP contribution in [0.25, 0.3) is 28.2 Å². The lowest BCUT2D eigenvalue weighted by Crippen LogP contribution is -2.45. The molecule has 4 aromatic rings. The van der Waals surface area contributed by atoms with Crippen LogP contribution < -0.4 is 15.8 Å². The van der Waals surface area contributed by atoms with Gasteiger partial charge in [-0.2, -0.15) is 0 Å². The van der Waals surface area contributed by atoms with Crippen molar-refractivity contribution in [1.29, 1.82) is 0 Å². The van der Waals surface area contributed by atoms with E-state index in [9.17, 15) is 9.59 Å². The Morgan fingerprint density at radius 1 is 1.07 bits per heavy atom. The Morgan fingerprint density at radius 2 is 1.83 bits per heavy atom. The number of primary amides is 1. The van der Waals surface area contributed by atoms with Gasteiger partial charge in [-0.1, -0.05) is 59.8 Å². The monoisotopic (exact) mass is 551 g/mol. The number of aldehydes is 1. The molecule has 1 aromatic heterocycles. The molecule has 0 bridgehead atoms. The van der Waals surface area contributed by atoms with Crippen molar-refractivity contribution in [3.8, 4) is 16.9 Å². The molecular weight excluding hydrogens is 514 g/mol. The van der Waals surface area contributed by atoms with Crippen LogP contribution in [0.4, 0.5) is 4.79 Å². The maximum absolute atomic E-state index is 12.2. The highest BCUT2D eigenvalue weighted by molar-refractivity contribution is 5.84. The highest BCUT2D eigenvalue weighted by atomic mass is 16.5. The van der Waals surface area contributed by atoms with Gasteiger partial charge in [-0.25, -0.2) is 9.48 Å². The van der Waals surface area contributed by atoms with Crippen LogP contribution in [0.5, 0.6) is 5.75 Å². The standard InChI is InChI=1S/C33H37N5O3/c1-33(2,3)35-26-15-12-25(13-16-26)30-24(10-7-19-38-29-18-11-22(21-39)20-28(29)36-37-38)14-17-27(31(30)41-32(34)40)23-8-5-4-6-9-23/h4-11,14,17-18,20-21,25-26,35H,12-13,15-16,19H2,1-3H3,(H2,34,40)/b10-7+. The topological polar surface area (TPSA) is 112 Å². The van der Waals surface area contributed by atoms with Gasteiger partial charge in [0.05, 0.1) is 12.1 Å². The van der Waals surface area contributed by atoms with E-state index in [2.05, 4.69) is 48.5 Å². The van der Waals surface area contributed by atoms with E-state index in [1.807, 2.05) is 48.5 Å². The van der Waals surface area contributed by atoms with Crippen LogP contribution in [0.15, 0.2) is 66.7 Å². The number of rotatable bonds is 8. The van der Waals surface area contributed by atoms with Gasteiger partial charge in [0.2, 0.25) is 0 Å². The summed E-state index contributed by atoms with van der Waals surface area (Å²) < 4.78 is 7.59. The minimum Gasteiger partial charge on any atom is -0.410 e. The number of nitrogens with zero attached hydrogens (tertiary/aromatic N) is 3. The molecule has 0 aliphatic heterocycles. The van der Waals surface area contributed by atoms with Crippen molar-refractivity contribution in [2.75, 3.05) is 0 Å². The maximum Gasteiger partial charge on any atom is 0.409 e. The number of nitrogens with two attached hydrogens (primary N) is 1. The molecule has 0 radical (unpaired) electrons. The van der Waals surface area contributed by atoms with Crippen molar-refractivity contribution in [3.05, 3.63) is 83.4 Å². The minimum absolute atomic E-state index is 0.0548. The van der Waals surface area contributed by atoms with Crippen LogP contribution in [0, 0.1) is 0 Å². The van der Waals surface area contributed by atoms with Crippen molar-refractivity contribution in [2.24, 2.45) is 5.73 Å². The Balaban J connectivity index is 1.51. The summed E-state index contributed by atoms with van der Waals surface area (Å²) in [7, 11) is 0. The van der Waals surface area contributed by atoms with Crippen molar-refractivity contribution in [2.45, 2.75) is 70.5 Å². The van der Waals surface area contributed by atoms with Crippen LogP contribution >= 0.6 is 0 Å². The highest BCUT2D eigenvalue weighted by Crippen LogP contribution is 2.45. The fraction of sp³-hybridized carbons (Fsp3) is 0.333. The van der Waals surface area contributed by atoms with Gasteiger partial charge < -0.3 is 15.8 Å². The van der Waals surface area contributed by atoms with Crippen molar-refractivity contribution < 1.29 is 14.3 Å². The first-order valence-electron chi connectivity index (χ1n) is 14.1. The summed E-state index contributed by atoms with van der Waals surface area (Å²) in [5.74, 6) is 0.741. The van der Waals surface area contributed by atoms with E-state index in [0.717, 1.165) is 59.7 Å². The number of nitrogens with one attached hydrogen (secondary N) is 1. The molecule has 3 aromatic carbocycles. The third-order valence-electron chi connectivity index (χ3n) is 7.54. The fourth-order valence-corrected chi connectivity index (χ4v) is 5.85. The van der Waals surface area contributed by atoms with E-state index in [-0.39, 0.29) is 11.5 Å². The van der Waals surface area contributed by atoms with Gasteiger partial charge in [0.25, 0.3) is 0 Å². The van der Waals surface area contributed by atoms with Gasteiger partial charge in [0, 0.05) is 28.3 Å². The molecule has 0 spiro atoms. The Morgan fingerprint density at radius 3 is 2.51 bits per heavy atom. The van der Waals surface area contributed by atoms with Crippen molar-refractivity contribution in [1.82, 2.24) is 20.3 Å². The zero-order valence-corrected chi connectivity index (χ0v) is 23.8. The minimum atomic E-state index is -0.823. The molecule has 1 saturated carbocycles. The lowest BCUT2D eigenvalue weighted by Gasteiger charge is -2.35. The lowest BCUT2D eigenvalue weighted by molar-refractivity contribution is 0.112. The summed E-state index contributed by atoms with van der Waals surface area (Å²) in [6.07, 6.45) is 8.07.